The molecule has 0 radical (unpaired) electrons. The van der Waals surface area contributed by atoms with Gasteiger partial charge in [0.05, 0.1) is 11.8 Å². The summed E-state index contributed by atoms with van der Waals surface area (Å²) in [6.45, 7) is 9.37. The van der Waals surface area contributed by atoms with Crippen molar-refractivity contribution >= 4 is 5.91 Å². The van der Waals surface area contributed by atoms with Gasteiger partial charge in [-0.3, -0.25) is 4.79 Å². The second kappa shape index (κ2) is 5.78. The molecular formula is C15H24N2O2. The highest BCUT2D eigenvalue weighted by Gasteiger charge is 2.24. The zero-order valence-electron chi connectivity index (χ0n) is 12.1. The first-order valence-electron chi connectivity index (χ1n) is 7.00. The largest absolute Gasteiger partial charge is 0.472 e. The van der Waals surface area contributed by atoms with Crippen LogP contribution >= 0.6 is 0 Å². The molecule has 0 saturated carbocycles. The summed E-state index contributed by atoms with van der Waals surface area (Å²) in [5, 5.41) is 3.60. The van der Waals surface area contributed by atoms with E-state index in [2.05, 4.69) is 26.1 Å². The van der Waals surface area contributed by atoms with E-state index < -0.39 is 0 Å². The Morgan fingerprint density at radius 3 is 2.63 bits per heavy atom. The fraction of sp³-hybridized carbons (Fsp3) is 0.667. The van der Waals surface area contributed by atoms with E-state index in [1.54, 1.807) is 12.3 Å². The molecule has 2 heterocycles. The maximum absolute atomic E-state index is 12.1. The van der Waals surface area contributed by atoms with E-state index >= 15 is 0 Å². The van der Waals surface area contributed by atoms with Crippen molar-refractivity contribution in [3.63, 3.8) is 0 Å². The second-order valence-electron chi connectivity index (χ2n) is 6.52. The highest BCUT2D eigenvalue weighted by Crippen LogP contribution is 2.16. The maximum atomic E-state index is 12.1. The molecule has 19 heavy (non-hydrogen) atoms. The lowest BCUT2D eigenvalue weighted by Gasteiger charge is -2.33. The lowest BCUT2D eigenvalue weighted by Crippen LogP contribution is -2.46. The smallest absolute Gasteiger partial charge is 0.257 e. The Morgan fingerprint density at radius 2 is 2.11 bits per heavy atom. The molecule has 4 nitrogen and oxygen atoms in total. The van der Waals surface area contributed by atoms with Gasteiger partial charge in [0.2, 0.25) is 0 Å². The molecule has 106 valence electrons. The molecule has 1 aliphatic rings. The van der Waals surface area contributed by atoms with E-state index in [0.29, 0.717) is 17.0 Å². The van der Waals surface area contributed by atoms with Gasteiger partial charge in [-0.2, -0.15) is 0 Å². The zero-order valence-corrected chi connectivity index (χ0v) is 12.1. The van der Waals surface area contributed by atoms with Gasteiger partial charge in [-0.05, 0) is 24.3 Å². The monoisotopic (exact) mass is 264 g/mol. The van der Waals surface area contributed by atoms with Gasteiger partial charge < -0.3 is 14.6 Å². The van der Waals surface area contributed by atoms with Crippen LogP contribution in [0.3, 0.4) is 0 Å². The quantitative estimate of drug-likeness (QED) is 0.912. The van der Waals surface area contributed by atoms with Crippen molar-refractivity contribution < 1.29 is 9.21 Å². The lowest BCUT2D eigenvalue weighted by molar-refractivity contribution is 0.0701. The van der Waals surface area contributed by atoms with E-state index in [1.165, 1.54) is 6.26 Å². The molecule has 1 aliphatic heterocycles. The van der Waals surface area contributed by atoms with Crippen LogP contribution in [0.15, 0.2) is 23.0 Å². The Balaban J connectivity index is 1.78. The molecule has 1 N–H and O–H groups in total. The Morgan fingerprint density at radius 1 is 1.42 bits per heavy atom. The van der Waals surface area contributed by atoms with Crippen LogP contribution < -0.4 is 5.32 Å². The predicted octanol–water partition coefficient (Wildman–Crippen LogP) is 2.52. The lowest BCUT2D eigenvalue weighted by atomic mass is 9.95. The van der Waals surface area contributed by atoms with Crippen molar-refractivity contribution in [1.29, 1.82) is 0 Å². The molecule has 1 saturated heterocycles. The summed E-state index contributed by atoms with van der Waals surface area (Å²) in [5.41, 5.74) is 0.963. The van der Waals surface area contributed by atoms with Crippen LogP contribution in [0.5, 0.6) is 0 Å². The van der Waals surface area contributed by atoms with Gasteiger partial charge in [0.1, 0.15) is 6.26 Å². The number of hydrogen-bond acceptors (Lipinski definition) is 3. The van der Waals surface area contributed by atoms with E-state index in [4.69, 9.17) is 4.42 Å². The summed E-state index contributed by atoms with van der Waals surface area (Å²) < 4.78 is 4.96. The van der Waals surface area contributed by atoms with Crippen molar-refractivity contribution in [2.45, 2.75) is 39.7 Å². The molecule has 1 aromatic heterocycles. The Bertz CT molecular complexity index is 398. The molecule has 2 rings (SSSR count). The SMILES string of the molecule is CC(C)(C)CNC1CCN(C(=O)c2ccoc2)CC1. The predicted molar refractivity (Wildman–Crippen MR) is 75.1 cm³/mol. The number of nitrogens with one attached hydrogen (secondary N) is 1. The third kappa shape index (κ3) is 4.10. The number of piperidine rings is 1. The fourth-order valence-corrected chi connectivity index (χ4v) is 2.31. The first kappa shape index (κ1) is 14.1. The number of rotatable bonds is 3. The number of furan rings is 1. The number of amides is 1. The molecule has 0 bridgehead atoms. The number of carbonyl (C=O) groups is 1. The van der Waals surface area contributed by atoms with Crippen molar-refractivity contribution in [1.82, 2.24) is 10.2 Å². The first-order chi connectivity index (χ1) is 8.96. The van der Waals surface area contributed by atoms with Crippen molar-refractivity contribution in [3.05, 3.63) is 24.2 Å². The molecule has 0 unspecified atom stereocenters. The van der Waals surface area contributed by atoms with Crippen molar-refractivity contribution in [2.75, 3.05) is 19.6 Å². The number of likely N-dealkylation sites (tertiary alicyclic amines) is 1. The van der Waals surface area contributed by atoms with Crippen LogP contribution in [-0.4, -0.2) is 36.5 Å². The van der Waals surface area contributed by atoms with Gasteiger partial charge in [-0.15, -0.1) is 0 Å². The summed E-state index contributed by atoms with van der Waals surface area (Å²) in [4.78, 5) is 14.0. The number of carbonyl (C=O) groups excluding carboxylic acids is 1. The zero-order chi connectivity index (χ0) is 13.9. The van der Waals surface area contributed by atoms with Crippen LogP contribution in [0.4, 0.5) is 0 Å². The van der Waals surface area contributed by atoms with Gasteiger partial charge in [0.25, 0.3) is 5.91 Å². The van der Waals surface area contributed by atoms with Gasteiger partial charge >= 0.3 is 0 Å². The minimum atomic E-state index is 0.0861. The summed E-state index contributed by atoms with van der Waals surface area (Å²) >= 11 is 0. The normalized spacial score (nSPS) is 17.7. The molecular weight excluding hydrogens is 240 g/mol. The van der Waals surface area contributed by atoms with Gasteiger partial charge in [-0.25, -0.2) is 0 Å². The van der Waals surface area contributed by atoms with E-state index in [9.17, 15) is 4.79 Å². The van der Waals surface area contributed by atoms with Crippen molar-refractivity contribution in [2.24, 2.45) is 5.41 Å². The molecule has 0 spiro atoms. The van der Waals surface area contributed by atoms with Gasteiger partial charge in [-0.1, -0.05) is 20.8 Å². The highest BCUT2D eigenvalue weighted by molar-refractivity contribution is 5.93. The first-order valence-corrected chi connectivity index (χ1v) is 7.00. The average molecular weight is 264 g/mol. The Hall–Kier alpha value is -1.29. The summed E-state index contributed by atoms with van der Waals surface area (Å²) in [6, 6.07) is 2.26. The van der Waals surface area contributed by atoms with Crippen LogP contribution in [0.25, 0.3) is 0 Å². The average Bonchev–Trinajstić information content (AvgIpc) is 2.89. The minimum Gasteiger partial charge on any atom is -0.472 e. The molecule has 1 fully saturated rings. The number of hydrogen-bond donors (Lipinski definition) is 1. The van der Waals surface area contributed by atoms with Crippen LogP contribution in [0, 0.1) is 5.41 Å². The van der Waals surface area contributed by atoms with Crippen LogP contribution in [-0.2, 0) is 0 Å². The second-order valence-corrected chi connectivity index (χ2v) is 6.52. The fourth-order valence-electron chi connectivity index (χ4n) is 2.31. The summed E-state index contributed by atoms with van der Waals surface area (Å²) in [7, 11) is 0. The summed E-state index contributed by atoms with van der Waals surface area (Å²) in [6.07, 6.45) is 5.12. The van der Waals surface area contributed by atoms with Gasteiger partial charge in [0, 0.05) is 25.7 Å². The summed E-state index contributed by atoms with van der Waals surface area (Å²) in [5.74, 6) is 0.0861. The maximum Gasteiger partial charge on any atom is 0.257 e. The molecule has 0 aromatic carbocycles. The topological polar surface area (TPSA) is 45.5 Å². The minimum absolute atomic E-state index is 0.0861. The Labute approximate surface area is 115 Å². The third-order valence-corrected chi connectivity index (χ3v) is 3.47. The molecule has 1 amide bonds. The number of nitrogens with zero attached hydrogens (tertiary/aromatic N) is 1. The third-order valence-electron chi connectivity index (χ3n) is 3.47. The molecule has 1 aromatic rings. The van der Waals surface area contributed by atoms with Crippen molar-refractivity contribution in [3.8, 4) is 0 Å². The van der Waals surface area contributed by atoms with Crippen LogP contribution in [0.2, 0.25) is 0 Å². The Kier molecular flexibility index (Phi) is 4.30. The molecule has 4 heteroatoms. The molecule has 0 aliphatic carbocycles. The standard InChI is InChI=1S/C15H24N2O2/c1-15(2,3)11-16-13-4-7-17(8-5-13)14(18)12-6-9-19-10-12/h6,9-10,13,16H,4-5,7-8,11H2,1-3H3. The van der Waals surface area contributed by atoms with Crippen LogP contribution in [0.1, 0.15) is 44.0 Å². The van der Waals surface area contributed by atoms with E-state index in [1.807, 2.05) is 4.90 Å². The van der Waals surface area contributed by atoms with Gasteiger partial charge in [0.15, 0.2) is 0 Å². The van der Waals surface area contributed by atoms with E-state index in [0.717, 1.165) is 32.5 Å². The molecule has 0 atom stereocenters. The highest BCUT2D eigenvalue weighted by atomic mass is 16.3. The van der Waals surface area contributed by atoms with E-state index in [-0.39, 0.29) is 5.91 Å².